The van der Waals surface area contributed by atoms with E-state index in [1.807, 2.05) is 0 Å². The number of carbonyl (C=O) groups is 1. The van der Waals surface area contributed by atoms with Gasteiger partial charge in [-0.3, -0.25) is 4.79 Å². The van der Waals surface area contributed by atoms with Crippen LogP contribution in [0.1, 0.15) is 30.8 Å². The first-order valence-corrected chi connectivity index (χ1v) is 13.0. The van der Waals surface area contributed by atoms with Crippen LogP contribution in [0.5, 0.6) is 5.75 Å². The van der Waals surface area contributed by atoms with E-state index in [0.717, 1.165) is 22.9 Å². The molecule has 14 heteroatoms. The zero-order valence-corrected chi connectivity index (χ0v) is 23.4. The third-order valence-corrected chi connectivity index (χ3v) is 7.08. The smallest absolute Gasteiger partial charge is 0.406 e. The summed E-state index contributed by atoms with van der Waals surface area (Å²) in [6, 6.07) is 17.9. The molecule has 0 aliphatic heterocycles. The fourth-order valence-corrected chi connectivity index (χ4v) is 4.58. The fraction of sp³-hybridized carbons (Fsp3) is 0.200. The first-order valence-electron chi connectivity index (χ1n) is 13.0. The third-order valence-electron chi connectivity index (χ3n) is 7.08. The number of ether oxygens (including phenoxy) is 1. The van der Waals surface area contributed by atoms with Crippen LogP contribution in [0.25, 0.3) is 33.8 Å². The summed E-state index contributed by atoms with van der Waals surface area (Å²) in [5, 5.41) is 11.9. The Morgan fingerprint density at radius 1 is 0.818 bits per heavy atom. The maximum Gasteiger partial charge on any atom is 0.573 e. The topological polar surface area (TPSA) is 101 Å². The molecule has 0 aliphatic rings. The van der Waals surface area contributed by atoms with Crippen LogP contribution in [-0.2, 0) is 16.4 Å². The lowest BCUT2D eigenvalue weighted by Crippen LogP contribution is -2.35. The Labute approximate surface area is 246 Å². The molecule has 0 bridgehead atoms. The van der Waals surface area contributed by atoms with Crippen molar-refractivity contribution in [2.45, 2.75) is 38.7 Å². The zero-order valence-electron chi connectivity index (χ0n) is 23.4. The lowest BCUT2D eigenvalue weighted by molar-refractivity contribution is -0.274. The maximum atomic E-state index is 13.6. The summed E-state index contributed by atoms with van der Waals surface area (Å²) in [7, 11) is 0. The molecule has 0 spiro atoms. The molecule has 0 saturated carbocycles. The van der Waals surface area contributed by atoms with Crippen molar-refractivity contribution in [1.82, 2.24) is 24.8 Å². The molecule has 228 valence electrons. The van der Waals surface area contributed by atoms with Crippen molar-refractivity contribution < 1.29 is 35.9 Å². The van der Waals surface area contributed by atoms with Gasteiger partial charge < -0.3 is 10.5 Å². The number of rotatable bonds is 7. The van der Waals surface area contributed by atoms with Crippen LogP contribution < -0.4 is 10.5 Å². The van der Waals surface area contributed by atoms with Gasteiger partial charge in [0.25, 0.3) is 0 Å². The van der Waals surface area contributed by atoms with Gasteiger partial charge in [-0.25, -0.2) is 9.36 Å². The Morgan fingerprint density at radius 3 is 2.09 bits per heavy atom. The minimum absolute atomic E-state index is 0.187. The monoisotopic (exact) mass is 614 g/mol. The molecule has 2 N–H and O–H groups in total. The molecule has 0 radical (unpaired) electrons. The van der Waals surface area contributed by atoms with Crippen molar-refractivity contribution in [3.05, 3.63) is 95.9 Å². The van der Waals surface area contributed by atoms with Crippen molar-refractivity contribution in [1.29, 1.82) is 0 Å². The van der Waals surface area contributed by atoms with E-state index in [2.05, 4.69) is 20.1 Å². The summed E-state index contributed by atoms with van der Waals surface area (Å²) in [5.74, 6) is -0.965. The number of halogens is 6. The van der Waals surface area contributed by atoms with Gasteiger partial charge in [0, 0.05) is 11.3 Å². The summed E-state index contributed by atoms with van der Waals surface area (Å²) < 4.78 is 85.1. The number of aryl methyl sites for hydroxylation is 1. The predicted octanol–water partition coefficient (Wildman–Crippen LogP) is 6.78. The SMILES string of the molecule is Cc1cc(C(F)(F)F)nn1-c1ccc(-c2cccc(C(C)(C)C(N)=O)c2)cc1-n1nncc1-c1ccc(OC(F)(F)F)cc1. The lowest BCUT2D eigenvalue weighted by Gasteiger charge is -2.22. The van der Waals surface area contributed by atoms with Gasteiger partial charge in [0.05, 0.1) is 28.7 Å². The molecule has 1 amide bonds. The van der Waals surface area contributed by atoms with E-state index in [0.29, 0.717) is 27.9 Å². The molecule has 8 nitrogen and oxygen atoms in total. The predicted molar refractivity (Wildman–Crippen MR) is 148 cm³/mol. The lowest BCUT2D eigenvalue weighted by atomic mass is 9.82. The standard InChI is InChI=1S/C30H24F6N6O2/c1-17-13-26(29(31,32)33)39-41(17)23-12-9-20(19-5-4-6-21(14-19)28(2,3)27(37)43)15-24(23)42-25(16-38-40-42)18-7-10-22(11-8-18)44-30(34,35)36/h4-16H,1-3H3,(H2,37,43). The number of primary amides is 1. The van der Waals surface area contributed by atoms with Gasteiger partial charge in [0.1, 0.15) is 5.75 Å². The molecule has 0 unspecified atom stereocenters. The number of nitrogens with zero attached hydrogens (tertiary/aromatic N) is 5. The molecule has 44 heavy (non-hydrogen) atoms. The molecule has 2 aromatic heterocycles. The average molecular weight is 615 g/mol. The number of alkyl halides is 6. The number of nitrogens with two attached hydrogens (primary N) is 1. The van der Waals surface area contributed by atoms with Gasteiger partial charge in [-0.05, 0) is 79.9 Å². The van der Waals surface area contributed by atoms with Crippen LogP contribution in [-0.4, -0.2) is 37.0 Å². The minimum atomic E-state index is -4.87. The van der Waals surface area contributed by atoms with Crippen LogP contribution in [0.15, 0.2) is 79.0 Å². The molecule has 0 saturated heterocycles. The number of amides is 1. The summed E-state index contributed by atoms with van der Waals surface area (Å²) in [5.41, 5.74) is 6.87. The van der Waals surface area contributed by atoms with E-state index < -0.39 is 35.3 Å². The first kappa shape index (κ1) is 30.3. The van der Waals surface area contributed by atoms with Crippen LogP contribution >= 0.6 is 0 Å². The molecule has 0 fully saturated rings. The second-order valence-electron chi connectivity index (χ2n) is 10.5. The van der Waals surface area contributed by atoms with E-state index in [9.17, 15) is 31.1 Å². The molecule has 3 aromatic carbocycles. The van der Waals surface area contributed by atoms with E-state index in [-0.39, 0.29) is 17.1 Å². The highest BCUT2D eigenvalue weighted by Gasteiger charge is 2.35. The largest absolute Gasteiger partial charge is 0.573 e. The molecule has 2 heterocycles. The highest BCUT2D eigenvalue weighted by Crippen LogP contribution is 2.35. The number of benzene rings is 3. The molecule has 0 aliphatic carbocycles. The highest BCUT2D eigenvalue weighted by molar-refractivity contribution is 5.86. The molecular weight excluding hydrogens is 590 g/mol. The Bertz CT molecular complexity index is 1840. The summed E-state index contributed by atoms with van der Waals surface area (Å²) in [6.45, 7) is 4.85. The van der Waals surface area contributed by atoms with Gasteiger partial charge in [-0.2, -0.15) is 18.3 Å². The van der Waals surface area contributed by atoms with Gasteiger partial charge in [0.15, 0.2) is 5.69 Å². The normalized spacial score (nSPS) is 12.4. The second kappa shape index (κ2) is 10.8. The van der Waals surface area contributed by atoms with Crippen LogP contribution in [0, 0.1) is 6.92 Å². The Morgan fingerprint density at radius 2 is 1.48 bits per heavy atom. The van der Waals surface area contributed by atoms with Crippen molar-refractivity contribution in [2.75, 3.05) is 0 Å². The number of aromatic nitrogens is 5. The number of hydrogen-bond donors (Lipinski definition) is 1. The highest BCUT2D eigenvalue weighted by atomic mass is 19.4. The number of hydrogen-bond acceptors (Lipinski definition) is 5. The molecular formula is C30H24F6N6O2. The van der Waals surface area contributed by atoms with Gasteiger partial charge in [-0.1, -0.05) is 35.5 Å². The Balaban J connectivity index is 1.68. The second-order valence-corrected chi connectivity index (χ2v) is 10.5. The van der Waals surface area contributed by atoms with E-state index in [1.54, 1.807) is 56.3 Å². The average Bonchev–Trinajstić information content (AvgIpc) is 3.59. The van der Waals surface area contributed by atoms with Crippen molar-refractivity contribution >= 4 is 5.91 Å². The summed E-state index contributed by atoms with van der Waals surface area (Å²) in [4.78, 5) is 12.1. The maximum absolute atomic E-state index is 13.6. The van der Waals surface area contributed by atoms with E-state index in [4.69, 9.17) is 5.73 Å². The van der Waals surface area contributed by atoms with Crippen LogP contribution in [0.3, 0.4) is 0 Å². The van der Waals surface area contributed by atoms with E-state index >= 15 is 0 Å². The summed E-state index contributed by atoms with van der Waals surface area (Å²) in [6.07, 6.45) is -8.20. The van der Waals surface area contributed by atoms with Gasteiger partial charge in [-0.15, -0.1) is 18.3 Å². The zero-order chi connectivity index (χ0) is 32.0. The van der Waals surface area contributed by atoms with Gasteiger partial charge >= 0.3 is 12.5 Å². The Kier molecular flexibility index (Phi) is 7.48. The van der Waals surface area contributed by atoms with Crippen molar-refractivity contribution in [2.24, 2.45) is 5.73 Å². The van der Waals surface area contributed by atoms with Gasteiger partial charge in [0.2, 0.25) is 5.91 Å². The first-order chi connectivity index (χ1) is 20.5. The Hall–Kier alpha value is -5.14. The quantitative estimate of drug-likeness (QED) is 0.204. The van der Waals surface area contributed by atoms with Crippen molar-refractivity contribution in [3.63, 3.8) is 0 Å². The van der Waals surface area contributed by atoms with Crippen molar-refractivity contribution in [3.8, 4) is 39.5 Å². The van der Waals surface area contributed by atoms with Crippen LogP contribution in [0.2, 0.25) is 0 Å². The molecule has 5 rings (SSSR count). The van der Waals surface area contributed by atoms with Crippen LogP contribution in [0.4, 0.5) is 26.3 Å². The molecule has 0 atom stereocenters. The third kappa shape index (κ3) is 6.00. The minimum Gasteiger partial charge on any atom is -0.406 e. The van der Waals surface area contributed by atoms with E-state index in [1.165, 1.54) is 29.9 Å². The summed E-state index contributed by atoms with van der Waals surface area (Å²) >= 11 is 0. The molecule has 5 aromatic rings. The number of carbonyl (C=O) groups excluding carboxylic acids is 1. The fourth-order valence-electron chi connectivity index (χ4n) is 4.58.